The maximum Gasteiger partial charge on any atom is 0.253 e. The summed E-state index contributed by atoms with van der Waals surface area (Å²) in [6.07, 6.45) is 1.97. The van der Waals surface area contributed by atoms with E-state index in [0.29, 0.717) is 24.2 Å². The first-order valence-electron chi connectivity index (χ1n) is 6.93. The Morgan fingerprint density at radius 3 is 2.76 bits per heavy atom. The average Bonchev–Trinajstić information content (AvgIpc) is 2.46. The van der Waals surface area contributed by atoms with Crippen molar-refractivity contribution in [1.29, 1.82) is 0 Å². The predicted molar refractivity (Wildman–Crippen MR) is 80.5 cm³/mol. The maximum atomic E-state index is 12.5. The fourth-order valence-electron chi connectivity index (χ4n) is 2.62. The Kier molecular flexibility index (Phi) is 4.65. The number of rotatable bonds is 3. The van der Waals surface area contributed by atoms with Crippen molar-refractivity contribution in [2.45, 2.75) is 30.7 Å². The minimum Gasteiger partial charge on any atom is -0.337 e. The zero-order valence-electron chi connectivity index (χ0n) is 12.3. The van der Waals surface area contributed by atoms with Gasteiger partial charge in [0.2, 0.25) is 10.0 Å². The lowest BCUT2D eigenvalue weighted by atomic mass is 10.0. The van der Waals surface area contributed by atoms with Gasteiger partial charge in [-0.15, -0.1) is 0 Å². The molecule has 0 unspecified atom stereocenters. The van der Waals surface area contributed by atoms with Gasteiger partial charge in [0, 0.05) is 24.7 Å². The number of benzene rings is 1. The van der Waals surface area contributed by atoms with Gasteiger partial charge in [0.05, 0.1) is 4.90 Å². The normalized spacial score (nSPS) is 19.6. The summed E-state index contributed by atoms with van der Waals surface area (Å²) < 4.78 is 23.1. The molecule has 0 saturated carbocycles. The Balaban J connectivity index is 2.28. The molecule has 1 aromatic carbocycles. The predicted octanol–water partition coefficient (Wildman–Crippen LogP) is 0.466. The van der Waals surface area contributed by atoms with Crippen molar-refractivity contribution < 1.29 is 13.2 Å². The van der Waals surface area contributed by atoms with Crippen LogP contribution in [0.15, 0.2) is 23.1 Å². The third-order valence-electron chi connectivity index (χ3n) is 3.86. The highest BCUT2D eigenvalue weighted by Gasteiger charge is 2.24. The Bertz CT molecular complexity index is 643. The summed E-state index contributed by atoms with van der Waals surface area (Å²) in [5.41, 5.74) is 0.905. The van der Waals surface area contributed by atoms with Crippen LogP contribution in [0.1, 0.15) is 28.8 Å². The number of amides is 1. The summed E-state index contributed by atoms with van der Waals surface area (Å²) in [5.74, 6) is -0.153. The number of carbonyl (C=O) groups excluding carboxylic acids is 1. The van der Waals surface area contributed by atoms with Gasteiger partial charge in [0.15, 0.2) is 0 Å². The number of sulfonamides is 1. The van der Waals surface area contributed by atoms with E-state index in [1.165, 1.54) is 6.07 Å². The number of hydrogen-bond acceptors (Lipinski definition) is 4. The van der Waals surface area contributed by atoms with Crippen molar-refractivity contribution in [2.24, 2.45) is 5.14 Å². The first kappa shape index (κ1) is 15.9. The molecule has 3 N–H and O–H groups in total. The topological polar surface area (TPSA) is 92.5 Å². The van der Waals surface area contributed by atoms with Crippen molar-refractivity contribution >= 4 is 15.9 Å². The molecule has 1 atom stereocenters. The zero-order chi connectivity index (χ0) is 15.6. The average molecular weight is 311 g/mol. The van der Waals surface area contributed by atoms with Gasteiger partial charge < -0.3 is 10.2 Å². The fraction of sp³-hybridized carbons (Fsp3) is 0.500. The summed E-state index contributed by atoms with van der Waals surface area (Å²) in [4.78, 5) is 14.3. The second kappa shape index (κ2) is 6.13. The lowest BCUT2D eigenvalue weighted by Crippen LogP contribution is -2.47. The van der Waals surface area contributed by atoms with Crippen LogP contribution in [0.4, 0.5) is 0 Å². The third-order valence-corrected chi connectivity index (χ3v) is 4.91. The molecule has 0 aromatic heterocycles. The minimum absolute atomic E-state index is 0.00975. The highest BCUT2D eigenvalue weighted by molar-refractivity contribution is 7.89. The van der Waals surface area contributed by atoms with Crippen LogP contribution in [0.25, 0.3) is 0 Å². The van der Waals surface area contributed by atoms with Crippen LogP contribution < -0.4 is 10.5 Å². The van der Waals surface area contributed by atoms with Crippen molar-refractivity contribution in [2.75, 3.05) is 20.1 Å². The number of aryl methyl sites for hydroxylation is 1. The molecule has 6 nitrogen and oxygen atoms in total. The monoisotopic (exact) mass is 311 g/mol. The molecule has 1 aromatic rings. The van der Waals surface area contributed by atoms with Gasteiger partial charge in [-0.2, -0.15) is 0 Å². The van der Waals surface area contributed by atoms with Gasteiger partial charge in [0.25, 0.3) is 5.91 Å². The SMILES string of the molecule is CN[C@H]1CCCN(C(=O)c2ccc(C)c(S(N)(=O)=O)c2)C1. The van der Waals surface area contributed by atoms with E-state index >= 15 is 0 Å². The number of carbonyl (C=O) groups is 1. The van der Waals surface area contributed by atoms with Crippen LogP contribution in [-0.4, -0.2) is 45.4 Å². The Morgan fingerprint density at radius 1 is 1.43 bits per heavy atom. The number of nitrogens with zero attached hydrogens (tertiary/aromatic N) is 1. The van der Waals surface area contributed by atoms with Gasteiger partial charge >= 0.3 is 0 Å². The van der Waals surface area contributed by atoms with Gasteiger partial charge in [-0.25, -0.2) is 13.6 Å². The van der Waals surface area contributed by atoms with Crippen molar-refractivity contribution in [1.82, 2.24) is 10.2 Å². The molecule has 1 aliphatic rings. The first-order valence-corrected chi connectivity index (χ1v) is 8.47. The molecule has 116 valence electrons. The van der Waals surface area contributed by atoms with Gasteiger partial charge in [-0.3, -0.25) is 4.79 Å². The van der Waals surface area contributed by atoms with Crippen molar-refractivity contribution in [3.63, 3.8) is 0 Å². The fourth-order valence-corrected chi connectivity index (χ4v) is 3.43. The highest BCUT2D eigenvalue weighted by atomic mass is 32.2. The van der Waals surface area contributed by atoms with Crippen LogP contribution in [0.3, 0.4) is 0 Å². The number of piperidine rings is 1. The molecule has 0 bridgehead atoms. The van der Waals surface area contributed by atoms with E-state index in [1.54, 1.807) is 24.0 Å². The lowest BCUT2D eigenvalue weighted by molar-refractivity contribution is 0.0698. The standard InChI is InChI=1S/C14H21N3O3S/c1-10-5-6-11(8-13(10)21(15,19)20)14(18)17-7-3-4-12(9-17)16-2/h5-6,8,12,16H,3-4,7,9H2,1-2H3,(H2,15,19,20)/t12-/m0/s1. The van der Waals surface area contributed by atoms with Gasteiger partial charge in [-0.1, -0.05) is 6.07 Å². The van der Waals surface area contributed by atoms with Crippen molar-refractivity contribution in [3.8, 4) is 0 Å². The van der Waals surface area contributed by atoms with Crippen molar-refractivity contribution in [3.05, 3.63) is 29.3 Å². The molecule has 21 heavy (non-hydrogen) atoms. The zero-order valence-corrected chi connectivity index (χ0v) is 13.1. The quantitative estimate of drug-likeness (QED) is 0.848. The van der Waals surface area contributed by atoms with E-state index in [2.05, 4.69) is 5.32 Å². The van der Waals surface area contributed by atoms with Crippen LogP contribution in [0.2, 0.25) is 0 Å². The second-order valence-electron chi connectivity index (χ2n) is 5.40. The smallest absolute Gasteiger partial charge is 0.253 e. The third kappa shape index (κ3) is 3.61. The van der Waals surface area contributed by atoms with E-state index in [4.69, 9.17) is 5.14 Å². The summed E-state index contributed by atoms with van der Waals surface area (Å²) >= 11 is 0. The number of nitrogens with one attached hydrogen (secondary N) is 1. The number of nitrogens with two attached hydrogens (primary N) is 1. The molecule has 2 rings (SSSR count). The van der Waals surface area contributed by atoms with E-state index in [0.717, 1.165) is 12.8 Å². The van der Waals surface area contributed by atoms with Crippen LogP contribution >= 0.6 is 0 Å². The van der Waals surface area contributed by atoms with Gasteiger partial charge in [-0.05, 0) is 44.5 Å². The van der Waals surface area contributed by atoms with Crippen LogP contribution in [0.5, 0.6) is 0 Å². The molecular weight excluding hydrogens is 290 g/mol. The van der Waals surface area contributed by atoms with E-state index in [9.17, 15) is 13.2 Å². The van der Waals surface area contributed by atoms with E-state index in [1.807, 2.05) is 7.05 Å². The number of primary sulfonamides is 1. The summed E-state index contributed by atoms with van der Waals surface area (Å²) in [6, 6.07) is 4.92. The summed E-state index contributed by atoms with van der Waals surface area (Å²) in [5, 5.41) is 8.36. The molecule has 1 saturated heterocycles. The molecule has 0 spiro atoms. The maximum absolute atomic E-state index is 12.5. The first-order chi connectivity index (χ1) is 9.82. The van der Waals surface area contributed by atoms with Crippen LogP contribution in [-0.2, 0) is 10.0 Å². The Morgan fingerprint density at radius 2 is 2.14 bits per heavy atom. The van der Waals surface area contributed by atoms with E-state index < -0.39 is 10.0 Å². The lowest BCUT2D eigenvalue weighted by Gasteiger charge is -2.32. The molecule has 1 amide bonds. The largest absolute Gasteiger partial charge is 0.337 e. The van der Waals surface area contributed by atoms with Crippen LogP contribution in [0, 0.1) is 6.92 Å². The minimum atomic E-state index is -3.82. The summed E-state index contributed by atoms with van der Waals surface area (Å²) in [6.45, 7) is 2.98. The number of likely N-dealkylation sites (N-methyl/N-ethyl adjacent to an activating group) is 1. The molecule has 0 aliphatic carbocycles. The molecule has 1 heterocycles. The molecule has 1 fully saturated rings. The summed E-state index contributed by atoms with van der Waals surface area (Å²) in [7, 11) is -1.94. The molecule has 0 radical (unpaired) electrons. The molecule has 1 aliphatic heterocycles. The highest BCUT2D eigenvalue weighted by Crippen LogP contribution is 2.19. The second-order valence-corrected chi connectivity index (χ2v) is 6.93. The number of likely N-dealkylation sites (tertiary alicyclic amines) is 1. The van der Waals surface area contributed by atoms with E-state index in [-0.39, 0.29) is 16.8 Å². The molecule has 7 heteroatoms. The Labute approximate surface area is 125 Å². The van der Waals surface area contributed by atoms with Gasteiger partial charge in [0.1, 0.15) is 0 Å². The molecular formula is C14H21N3O3S. The number of hydrogen-bond donors (Lipinski definition) is 2. The Hall–Kier alpha value is -1.44.